The molecule has 0 radical (unpaired) electrons. The van der Waals surface area contributed by atoms with Gasteiger partial charge in [-0.15, -0.1) is 0 Å². The largest absolute Gasteiger partial charge is 0.488 e. The second-order valence-electron chi connectivity index (χ2n) is 3.53. The standard InChI is InChI=1S/C12H14FNO2/c1-9(2)15-5-6-16-12-4-3-10(8-14)7-11(12)13/h3-4,7,9H,5-6H2,1-2H3. The first kappa shape index (κ1) is 12.5. The Morgan fingerprint density at radius 1 is 1.38 bits per heavy atom. The molecule has 0 bridgehead atoms. The molecule has 0 atom stereocenters. The predicted octanol–water partition coefficient (Wildman–Crippen LogP) is 2.50. The van der Waals surface area contributed by atoms with E-state index in [1.54, 1.807) is 0 Å². The molecule has 0 saturated heterocycles. The molecule has 86 valence electrons. The Bertz CT molecular complexity index is 385. The van der Waals surface area contributed by atoms with E-state index in [9.17, 15) is 4.39 Å². The molecule has 0 aliphatic heterocycles. The molecular weight excluding hydrogens is 209 g/mol. The van der Waals surface area contributed by atoms with Gasteiger partial charge in [-0.2, -0.15) is 5.26 Å². The number of hydrogen-bond acceptors (Lipinski definition) is 3. The molecule has 1 aromatic rings. The Morgan fingerprint density at radius 3 is 2.69 bits per heavy atom. The van der Waals surface area contributed by atoms with Crippen LogP contribution < -0.4 is 4.74 Å². The summed E-state index contributed by atoms with van der Waals surface area (Å²) >= 11 is 0. The van der Waals surface area contributed by atoms with Crippen molar-refractivity contribution in [2.24, 2.45) is 0 Å². The summed E-state index contributed by atoms with van der Waals surface area (Å²) in [4.78, 5) is 0. The molecule has 0 spiro atoms. The number of benzene rings is 1. The van der Waals surface area contributed by atoms with Crippen LogP contribution in [0.15, 0.2) is 18.2 Å². The first-order valence-corrected chi connectivity index (χ1v) is 5.07. The zero-order valence-electron chi connectivity index (χ0n) is 9.37. The third-order valence-electron chi connectivity index (χ3n) is 1.85. The number of hydrogen-bond donors (Lipinski definition) is 0. The molecule has 1 rings (SSSR count). The number of ether oxygens (including phenoxy) is 2. The van der Waals surface area contributed by atoms with E-state index in [-0.39, 0.29) is 17.4 Å². The molecule has 16 heavy (non-hydrogen) atoms. The van der Waals surface area contributed by atoms with Crippen molar-refractivity contribution in [1.29, 1.82) is 5.26 Å². The lowest BCUT2D eigenvalue weighted by Crippen LogP contribution is -2.11. The van der Waals surface area contributed by atoms with E-state index in [0.717, 1.165) is 6.07 Å². The van der Waals surface area contributed by atoms with Crippen LogP contribution in [-0.4, -0.2) is 19.3 Å². The van der Waals surface area contributed by atoms with Crippen molar-refractivity contribution < 1.29 is 13.9 Å². The molecule has 0 unspecified atom stereocenters. The van der Waals surface area contributed by atoms with Gasteiger partial charge in [-0.25, -0.2) is 4.39 Å². The first-order chi connectivity index (χ1) is 7.63. The highest BCUT2D eigenvalue weighted by Crippen LogP contribution is 2.17. The lowest BCUT2D eigenvalue weighted by molar-refractivity contribution is 0.0544. The van der Waals surface area contributed by atoms with Gasteiger partial charge >= 0.3 is 0 Å². The molecule has 0 fully saturated rings. The van der Waals surface area contributed by atoms with Crippen LogP contribution in [0.4, 0.5) is 4.39 Å². The van der Waals surface area contributed by atoms with Crippen LogP contribution >= 0.6 is 0 Å². The zero-order chi connectivity index (χ0) is 12.0. The average Bonchev–Trinajstić information content (AvgIpc) is 2.25. The molecule has 3 nitrogen and oxygen atoms in total. The topological polar surface area (TPSA) is 42.2 Å². The quantitative estimate of drug-likeness (QED) is 0.720. The van der Waals surface area contributed by atoms with Crippen LogP contribution in [0.1, 0.15) is 19.4 Å². The SMILES string of the molecule is CC(C)OCCOc1ccc(C#N)cc1F. The Labute approximate surface area is 94.4 Å². The fourth-order valence-electron chi connectivity index (χ4n) is 1.12. The van der Waals surface area contributed by atoms with Crippen LogP contribution in [-0.2, 0) is 4.74 Å². The fourth-order valence-corrected chi connectivity index (χ4v) is 1.12. The van der Waals surface area contributed by atoms with Crippen molar-refractivity contribution in [2.45, 2.75) is 20.0 Å². The number of nitriles is 1. The Balaban J connectivity index is 2.46. The Morgan fingerprint density at radius 2 is 2.12 bits per heavy atom. The zero-order valence-corrected chi connectivity index (χ0v) is 9.37. The van der Waals surface area contributed by atoms with E-state index >= 15 is 0 Å². The Hall–Kier alpha value is -1.60. The predicted molar refractivity (Wildman–Crippen MR) is 57.7 cm³/mol. The van der Waals surface area contributed by atoms with E-state index in [1.807, 2.05) is 19.9 Å². The van der Waals surface area contributed by atoms with Crippen molar-refractivity contribution in [3.63, 3.8) is 0 Å². The van der Waals surface area contributed by atoms with E-state index in [0.29, 0.717) is 13.2 Å². The minimum atomic E-state index is -0.524. The number of rotatable bonds is 5. The van der Waals surface area contributed by atoms with Crippen molar-refractivity contribution in [2.75, 3.05) is 13.2 Å². The minimum Gasteiger partial charge on any atom is -0.488 e. The Kier molecular flexibility index (Phi) is 4.74. The van der Waals surface area contributed by atoms with Crippen LogP contribution in [0.5, 0.6) is 5.75 Å². The van der Waals surface area contributed by atoms with Gasteiger partial charge in [0.05, 0.1) is 24.3 Å². The molecule has 1 aromatic carbocycles. The van der Waals surface area contributed by atoms with Gasteiger partial charge < -0.3 is 9.47 Å². The minimum absolute atomic E-state index is 0.134. The third-order valence-corrected chi connectivity index (χ3v) is 1.85. The lowest BCUT2D eigenvalue weighted by Gasteiger charge is -2.09. The van der Waals surface area contributed by atoms with Gasteiger partial charge in [-0.3, -0.25) is 0 Å². The number of nitrogens with zero attached hydrogens (tertiary/aromatic N) is 1. The summed E-state index contributed by atoms with van der Waals surface area (Å²) in [7, 11) is 0. The van der Waals surface area contributed by atoms with Crippen LogP contribution in [0.3, 0.4) is 0 Å². The van der Waals surface area contributed by atoms with Crippen molar-refractivity contribution in [3.05, 3.63) is 29.6 Å². The summed E-state index contributed by atoms with van der Waals surface area (Å²) in [6.45, 7) is 4.54. The summed E-state index contributed by atoms with van der Waals surface area (Å²) in [5.74, 6) is -0.380. The van der Waals surface area contributed by atoms with Gasteiger partial charge in [0.1, 0.15) is 6.61 Å². The monoisotopic (exact) mass is 223 g/mol. The summed E-state index contributed by atoms with van der Waals surface area (Å²) in [6.07, 6.45) is 0.134. The van der Waals surface area contributed by atoms with Crippen molar-refractivity contribution in [1.82, 2.24) is 0 Å². The molecule has 0 N–H and O–H groups in total. The second kappa shape index (κ2) is 6.09. The fraction of sp³-hybridized carbons (Fsp3) is 0.417. The van der Waals surface area contributed by atoms with Crippen molar-refractivity contribution >= 4 is 0 Å². The van der Waals surface area contributed by atoms with Gasteiger partial charge in [0.2, 0.25) is 0 Å². The van der Waals surface area contributed by atoms with Gasteiger partial charge in [0.15, 0.2) is 11.6 Å². The van der Waals surface area contributed by atoms with Gasteiger partial charge in [-0.1, -0.05) is 0 Å². The van der Waals surface area contributed by atoms with Crippen LogP contribution in [0.25, 0.3) is 0 Å². The first-order valence-electron chi connectivity index (χ1n) is 5.07. The maximum absolute atomic E-state index is 13.3. The molecule has 0 amide bonds. The van der Waals surface area contributed by atoms with Crippen LogP contribution in [0, 0.1) is 17.1 Å². The highest BCUT2D eigenvalue weighted by molar-refractivity contribution is 5.35. The molecule has 0 aliphatic carbocycles. The summed E-state index contributed by atoms with van der Waals surface area (Å²) < 4.78 is 23.7. The van der Waals surface area contributed by atoms with Gasteiger partial charge in [-0.05, 0) is 32.0 Å². The van der Waals surface area contributed by atoms with Crippen molar-refractivity contribution in [3.8, 4) is 11.8 Å². The highest BCUT2D eigenvalue weighted by Gasteiger charge is 2.04. The van der Waals surface area contributed by atoms with Gasteiger partial charge in [0.25, 0.3) is 0 Å². The second-order valence-corrected chi connectivity index (χ2v) is 3.53. The van der Waals surface area contributed by atoms with E-state index < -0.39 is 5.82 Å². The third kappa shape index (κ3) is 3.87. The highest BCUT2D eigenvalue weighted by atomic mass is 19.1. The summed E-state index contributed by atoms with van der Waals surface area (Å²) in [5, 5.41) is 8.55. The smallest absolute Gasteiger partial charge is 0.166 e. The molecule has 4 heteroatoms. The molecule has 0 aliphatic rings. The number of halogens is 1. The van der Waals surface area contributed by atoms with Gasteiger partial charge in [0, 0.05) is 0 Å². The maximum atomic E-state index is 13.3. The van der Waals surface area contributed by atoms with E-state index in [2.05, 4.69) is 0 Å². The molecule has 0 heterocycles. The molecular formula is C12H14FNO2. The normalized spacial score (nSPS) is 10.2. The molecule has 0 aromatic heterocycles. The van der Waals surface area contributed by atoms with Crippen LogP contribution in [0.2, 0.25) is 0 Å². The lowest BCUT2D eigenvalue weighted by atomic mass is 10.2. The summed E-state index contributed by atoms with van der Waals surface area (Å²) in [5.41, 5.74) is 0.281. The molecule has 0 saturated carbocycles. The average molecular weight is 223 g/mol. The summed E-state index contributed by atoms with van der Waals surface area (Å²) in [6, 6.07) is 5.97. The van der Waals surface area contributed by atoms with E-state index in [1.165, 1.54) is 12.1 Å². The van der Waals surface area contributed by atoms with E-state index in [4.69, 9.17) is 14.7 Å². The maximum Gasteiger partial charge on any atom is 0.166 e.